The second kappa shape index (κ2) is 6.32. The number of hydrogen-bond acceptors (Lipinski definition) is 6. The SMILES string of the molecule is CC(C)c1nnc(NC(=O)CN2CCC(N)CC2C)o1. The number of nitrogens with one attached hydrogen (secondary N) is 1. The Balaban J connectivity index is 1.85. The summed E-state index contributed by atoms with van der Waals surface area (Å²) < 4.78 is 5.36. The van der Waals surface area contributed by atoms with Gasteiger partial charge in [-0.05, 0) is 19.8 Å². The fourth-order valence-corrected chi connectivity index (χ4v) is 2.35. The van der Waals surface area contributed by atoms with E-state index in [9.17, 15) is 4.79 Å². The summed E-state index contributed by atoms with van der Waals surface area (Å²) in [6, 6.07) is 0.729. The van der Waals surface area contributed by atoms with Crippen molar-refractivity contribution in [1.29, 1.82) is 0 Å². The molecule has 1 saturated heterocycles. The van der Waals surface area contributed by atoms with Crippen molar-refractivity contribution >= 4 is 11.9 Å². The third kappa shape index (κ3) is 3.77. The minimum absolute atomic E-state index is 0.133. The first-order chi connectivity index (χ1) is 9.45. The molecule has 1 fully saturated rings. The number of amides is 1. The van der Waals surface area contributed by atoms with Crippen LogP contribution in [0.15, 0.2) is 4.42 Å². The summed E-state index contributed by atoms with van der Waals surface area (Å²) >= 11 is 0. The first-order valence-corrected chi connectivity index (χ1v) is 7.08. The number of rotatable bonds is 4. The summed E-state index contributed by atoms with van der Waals surface area (Å²) in [4.78, 5) is 14.1. The number of likely N-dealkylation sites (tertiary alicyclic amines) is 1. The molecule has 1 aromatic rings. The van der Waals surface area contributed by atoms with E-state index in [0.717, 1.165) is 19.4 Å². The van der Waals surface area contributed by atoms with Crippen LogP contribution in [0, 0.1) is 0 Å². The highest BCUT2D eigenvalue weighted by Gasteiger charge is 2.25. The smallest absolute Gasteiger partial charge is 0.322 e. The lowest BCUT2D eigenvalue weighted by Crippen LogP contribution is -2.48. The van der Waals surface area contributed by atoms with Crippen molar-refractivity contribution in [3.8, 4) is 0 Å². The van der Waals surface area contributed by atoms with E-state index in [1.165, 1.54) is 0 Å². The van der Waals surface area contributed by atoms with Gasteiger partial charge in [-0.3, -0.25) is 15.0 Å². The lowest BCUT2D eigenvalue weighted by atomic mass is 9.99. The molecule has 1 aliphatic heterocycles. The van der Waals surface area contributed by atoms with Gasteiger partial charge >= 0.3 is 6.01 Å². The summed E-state index contributed by atoms with van der Waals surface area (Å²) in [6.45, 7) is 7.18. The Labute approximate surface area is 118 Å². The van der Waals surface area contributed by atoms with Crippen LogP contribution in [0.5, 0.6) is 0 Å². The van der Waals surface area contributed by atoms with Gasteiger partial charge in [0.05, 0.1) is 6.54 Å². The fraction of sp³-hybridized carbons (Fsp3) is 0.769. The highest BCUT2D eigenvalue weighted by Crippen LogP contribution is 2.17. The van der Waals surface area contributed by atoms with Gasteiger partial charge in [-0.1, -0.05) is 18.9 Å². The van der Waals surface area contributed by atoms with E-state index < -0.39 is 0 Å². The average Bonchev–Trinajstić information content (AvgIpc) is 2.81. The molecular weight excluding hydrogens is 258 g/mol. The standard InChI is InChI=1S/C13H23N5O2/c1-8(2)12-16-17-13(20-12)15-11(19)7-18-5-4-10(14)6-9(18)3/h8-10H,4-7,14H2,1-3H3,(H,15,17,19). The minimum atomic E-state index is -0.133. The zero-order chi connectivity index (χ0) is 14.7. The van der Waals surface area contributed by atoms with Crippen LogP contribution in [-0.4, -0.2) is 46.2 Å². The van der Waals surface area contributed by atoms with Gasteiger partial charge in [-0.25, -0.2) is 0 Å². The van der Waals surface area contributed by atoms with Gasteiger partial charge in [-0.2, -0.15) is 0 Å². The molecule has 3 N–H and O–H groups in total. The summed E-state index contributed by atoms with van der Waals surface area (Å²) in [5.74, 6) is 0.542. The largest absolute Gasteiger partial charge is 0.408 e. The Morgan fingerprint density at radius 1 is 1.55 bits per heavy atom. The van der Waals surface area contributed by atoms with Crippen molar-refractivity contribution in [1.82, 2.24) is 15.1 Å². The molecule has 0 bridgehead atoms. The van der Waals surface area contributed by atoms with Crippen molar-refractivity contribution in [3.63, 3.8) is 0 Å². The zero-order valence-corrected chi connectivity index (χ0v) is 12.3. The highest BCUT2D eigenvalue weighted by molar-refractivity contribution is 5.90. The number of piperidine rings is 1. The van der Waals surface area contributed by atoms with Gasteiger partial charge in [0, 0.05) is 24.5 Å². The van der Waals surface area contributed by atoms with Crippen LogP contribution >= 0.6 is 0 Å². The van der Waals surface area contributed by atoms with Crippen LogP contribution in [0.2, 0.25) is 0 Å². The third-order valence-electron chi connectivity index (χ3n) is 3.58. The topological polar surface area (TPSA) is 97.3 Å². The van der Waals surface area contributed by atoms with Crippen LogP contribution < -0.4 is 11.1 Å². The third-order valence-corrected chi connectivity index (χ3v) is 3.58. The first kappa shape index (κ1) is 14.9. The van der Waals surface area contributed by atoms with E-state index in [2.05, 4.69) is 27.3 Å². The van der Waals surface area contributed by atoms with Gasteiger partial charge in [0.15, 0.2) is 0 Å². The van der Waals surface area contributed by atoms with Crippen LogP contribution in [-0.2, 0) is 4.79 Å². The molecule has 0 spiro atoms. The van der Waals surface area contributed by atoms with Crippen LogP contribution in [0.1, 0.15) is 45.4 Å². The minimum Gasteiger partial charge on any atom is -0.408 e. The molecule has 2 rings (SSSR count). The van der Waals surface area contributed by atoms with Gasteiger partial charge < -0.3 is 10.2 Å². The summed E-state index contributed by atoms with van der Waals surface area (Å²) in [5, 5.41) is 10.3. The van der Waals surface area contributed by atoms with E-state index >= 15 is 0 Å². The van der Waals surface area contributed by atoms with Gasteiger partial charge in [-0.15, -0.1) is 5.10 Å². The number of carbonyl (C=O) groups is 1. The summed E-state index contributed by atoms with van der Waals surface area (Å²) in [6.07, 6.45) is 1.85. The Bertz CT molecular complexity index is 459. The predicted octanol–water partition coefficient (Wildman–Crippen LogP) is 0.943. The zero-order valence-electron chi connectivity index (χ0n) is 12.3. The predicted molar refractivity (Wildman–Crippen MR) is 75.3 cm³/mol. The first-order valence-electron chi connectivity index (χ1n) is 7.08. The molecule has 0 aliphatic carbocycles. The lowest BCUT2D eigenvalue weighted by molar-refractivity contribution is -0.118. The number of anilines is 1. The van der Waals surface area contributed by atoms with Crippen LogP contribution in [0.3, 0.4) is 0 Å². The fourth-order valence-electron chi connectivity index (χ4n) is 2.35. The molecule has 1 amide bonds. The number of aromatic nitrogens is 2. The van der Waals surface area contributed by atoms with Crippen molar-refractivity contribution in [2.45, 2.75) is 51.6 Å². The molecule has 0 radical (unpaired) electrons. The molecule has 20 heavy (non-hydrogen) atoms. The number of carbonyl (C=O) groups excluding carboxylic acids is 1. The average molecular weight is 281 g/mol. The van der Waals surface area contributed by atoms with E-state index in [4.69, 9.17) is 10.2 Å². The van der Waals surface area contributed by atoms with Crippen molar-refractivity contribution in [2.24, 2.45) is 5.73 Å². The Morgan fingerprint density at radius 3 is 2.90 bits per heavy atom. The second-order valence-corrected chi connectivity index (χ2v) is 5.75. The normalized spacial score (nSPS) is 24.1. The molecule has 2 atom stereocenters. The summed E-state index contributed by atoms with van der Waals surface area (Å²) in [7, 11) is 0. The van der Waals surface area contributed by atoms with E-state index in [1.807, 2.05) is 13.8 Å². The van der Waals surface area contributed by atoms with Gasteiger partial charge in [0.1, 0.15) is 0 Å². The number of nitrogens with zero attached hydrogens (tertiary/aromatic N) is 3. The molecule has 0 saturated carbocycles. The lowest BCUT2D eigenvalue weighted by Gasteiger charge is -2.35. The number of nitrogens with two attached hydrogens (primary N) is 1. The Kier molecular flexibility index (Phi) is 4.72. The molecule has 2 heterocycles. The van der Waals surface area contributed by atoms with Crippen LogP contribution in [0.4, 0.5) is 6.01 Å². The quantitative estimate of drug-likeness (QED) is 0.852. The molecule has 7 nitrogen and oxygen atoms in total. The molecule has 7 heteroatoms. The summed E-state index contributed by atoms with van der Waals surface area (Å²) in [5.41, 5.74) is 5.91. The van der Waals surface area contributed by atoms with Crippen LogP contribution in [0.25, 0.3) is 0 Å². The van der Waals surface area contributed by atoms with E-state index in [-0.39, 0.29) is 23.9 Å². The molecule has 2 unspecified atom stereocenters. The Hall–Kier alpha value is -1.47. The van der Waals surface area contributed by atoms with Crippen molar-refractivity contribution < 1.29 is 9.21 Å². The maximum Gasteiger partial charge on any atom is 0.322 e. The monoisotopic (exact) mass is 281 g/mol. The maximum atomic E-state index is 12.0. The molecule has 112 valence electrons. The van der Waals surface area contributed by atoms with Crippen molar-refractivity contribution in [2.75, 3.05) is 18.4 Å². The van der Waals surface area contributed by atoms with Gasteiger partial charge in [0.2, 0.25) is 11.8 Å². The van der Waals surface area contributed by atoms with Gasteiger partial charge in [0.25, 0.3) is 0 Å². The molecule has 1 aromatic heterocycles. The molecule has 1 aliphatic rings. The maximum absolute atomic E-state index is 12.0. The highest BCUT2D eigenvalue weighted by atomic mass is 16.4. The second-order valence-electron chi connectivity index (χ2n) is 5.75. The number of hydrogen-bond donors (Lipinski definition) is 2. The van der Waals surface area contributed by atoms with E-state index in [1.54, 1.807) is 0 Å². The molecule has 0 aromatic carbocycles. The molecular formula is C13H23N5O2. The van der Waals surface area contributed by atoms with Crippen molar-refractivity contribution in [3.05, 3.63) is 5.89 Å². The van der Waals surface area contributed by atoms with E-state index in [0.29, 0.717) is 18.5 Å². The Morgan fingerprint density at radius 2 is 2.30 bits per heavy atom.